The average molecular weight is 1160 g/mol. The second kappa shape index (κ2) is 72.1. The summed E-state index contributed by atoms with van der Waals surface area (Å²) < 4.78 is 5.49. The van der Waals surface area contributed by atoms with Crippen LogP contribution < -0.4 is 5.32 Å². The van der Waals surface area contributed by atoms with Crippen molar-refractivity contribution in [3.8, 4) is 0 Å². The zero-order valence-corrected chi connectivity index (χ0v) is 56.0. The summed E-state index contributed by atoms with van der Waals surface area (Å²) in [5.41, 5.74) is 0. The fourth-order valence-corrected chi connectivity index (χ4v) is 12.3. The highest BCUT2D eigenvalue weighted by atomic mass is 16.5. The summed E-state index contributed by atoms with van der Waals surface area (Å²) in [5, 5.41) is 23.4. The molecule has 488 valence electrons. The highest BCUT2D eigenvalue weighted by molar-refractivity contribution is 5.76. The maximum Gasteiger partial charge on any atom is 0.305 e. The van der Waals surface area contributed by atoms with E-state index in [1.54, 1.807) is 0 Å². The van der Waals surface area contributed by atoms with Crippen molar-refractivity contribution in [2.45, 2.75) is 450 Å². The molecule has 0 spiro atoms. The molecule has 0 aromatic carbocycles. The number of rotatable bonds is 72. The van der Waals surface area contributed by atoms with E-state index in [0.717, 1.165) is 44.9 Å². The summed E-state index contributed by atoms with van der Waals surface area (Å²) in [6, 6.07) is -0.537. The summed E-state index contributed by atoms with van der Waals surface area (Å²) in [4.78, 5) is 24.6. The molecule has 0 bridgehead atoms. The molecule has 6 heteroatoms. The van der Waals surface area contributed by atoms with Gasteiger partial charge < -0.3 is 20.3 Å². The Morgan fingerprint density at radius 3 is 0.866 bits per heavy atom. The molecule has 0 fully saturated rings. The zero-order valence-electron chi connectivity index (χ0n) is 56.0. The van der Waals surface area contributed by atoms with Gasteiger partial charge in [-0.3, -0.25) is 9.59 Å². The van der Waals surface area contributed by atoms with E-state index in [1.807, 2.05) is 0 Å². The van der Waals surface area contributed by atoms with Gasteiger partial charge in [-0.05, 0) is 51.4 Å². The number of aliphatic hydroxyl groups is 2. The number of esters is 1. The molecule has 0 rings (SSSR count). The van der Waals surface area contributed by atoms with Crippen LogP contribution in [-0.4, -0.2) is 47.4 Å². The minimum absolute atomic E-state index is 0.0150. The van der Waals surface area contributed by atoms with Crippen LogP contribution >= 0.6 is 0 Å². The van der Waals surface area contributed by atoms with Gasteiger partial charge in [-0.25, -0.2) is 0 Å². The Morgan fingerprint density at radius 1 is 0.329 bits per heavy atom. The summed E-state index contributed by atoms with van der Waals surface area (Å²) in [5.74, 6) is -0.0106. The van der Waals surface area contributed by atoms with Crippen LogP contribution in [0.1, 0.15) is 438 Å². The number of hydrogen-bond acceptors (Lipinski definition) is 5. The van der Waals surface area contributed by atoms with E-state index in [1.165, 1.54) is 360 Å². The Hall–Kier alpha value is -1.40. The number of allylic oxidation sites excluding steroid dienone is 2. The molecular weight excluding hydrogens is 1010 g/mol. The molecule has 0 heterocycles. The van der Waals surface area contributed by atoms with Crippen LogP contribution in [0.25, 0.3) is 0 Å². The van der Waals surface area contributed by atoms with Gasteiger partial charge in [0.05, 0.1) is 25.4 Å². The molecule has 0 aliphatic heterocycles. The average Bonchev–Trinajstić information content (AvgIpc) is 3.48. The molecule has 6 nitrogen and oxygen atoms in total. The topological polar surface area (TPSA) is 95.9 Å². The molecule has 2 atom stereocenters. The molecule has 1 amide bonds. The molecule has 0 aliphatic rings. The second-order valence-corrected chi connectivity index (χ2v) is 26.3. The van der Waals surface area contributed by atoms with Gasteiger partial charge in [-0.15, -0.1) is 0 Å². The van der Waals surface area contributed by atoms with Crippen LogP contribution in [-0.2, 0) is 14.3 Å². The third-order valence-corrected chi connectivity index (χ3v) is 18.1. The van der Waals surface area contributed by atoms with Gasteiger partial charge >= 0.3 is 5.97 Å². The summed E-state index contributed by atoms with van der Waals surface area (Å²) in [6.45, 7) is 4.99. The minimum atomic E-state index is -0.660. The van der Waals surface area contributed by atoms with Crippen LogP contribution in [0.15, 0.2) is 12.2 Å². The van der Waals surface area contributed by atoms with Crippen molar-refractivity contribution in [2.24, 2.45) is 0 Å². The maximum absolute atomic E-state index is 12.5. The summed E-state index contributed by atoms with van der Waals surface area (Å²) in [7, 11) is 0. The van der Waals surface area contributed by atoms with Crippen molar-refractivity contribution < 1.29 is 24.5 Å². The van der Waals surface area contributed by atoms with Crippen LogP contribution in [0, 0.1) is 0 Å². The number of unbranched alkanes of at least 4 members (excludes halogenated alkanes) is 59. The Balaban J connectivity index is 3.30. The first-order valence-electron chi connectivity index (χ1n) is 37.9. The van der Waals surface area contributed by atoms with Crippen molar-refractivity contribution in [1.29, 1.82) is 0 Å². The Bertz CT molecular complexity index is 1240. The quantitative estimate of drug-likeness (QED) is 0.0320. The molecule has 0 saturated carbocycles. The third kappa shape index (κ3) is 67.7. The number of hydrogen-bond donors (Lipinski definition) is 3. The van der Waals surface area contributed by atoms with Gasteiger partial charge in [0.1, 0.15) is 0 Å². The van der Waals surface area contributed by atoms with E-state index < -0.39 is 12.1 Å². The van der Waals surface area contributed by atoms with Crippen molar-refractivity contribution in [3.63, 3.8) is 0 Å². The van der Waals surface area contributed by atoms with E-state index in [0.29, 0.717) is 25.9 Å². The Labute approximate surface area is 514 Å². The smallest absolute Gasteiger partial charge is 0.305 e. The second-order valence-electron chi connectivity index (χ2n) is 26.3. The molecule has 0 aromatic heterocycles. The lowest BCUT2D eigenvalue weighted by Crippen LogP contribution is -2.45. The fourth-order valence-electron chi connectivity index (χ4n) is 12.3. The maximum atomic E-state index is 12.5. The van der Waals surface area contributed by atoms with Crippen molar-refractivity contribution in [1.82, 2.24) is 5.32 Å². The lowest BCUT2D eigenvalue weighted by molar-refractivity contribution is -0.143. The number of carbonyl (C=O) groups is 2. The summed E-state index contributed by atoms with van der Waals surface area (Å²) >= 11 is 0. The largest absolute Gasteiger partial charge is 0.466 e. The molecule has 2 unspecified atom stereocenters. The van der Waals surface area contributed by atoms with Crippen molar-refractivity contribution in [3.05, 3.63) is 12.2 Å². The first-order valence-corrected chi connectivity index (χ1v) is 37.9. The fraction of sp³-hybridized carbons (Fsp3) is 0.947. The van der Waals surface area contributed by atoms with Crippen LogP contribution in [0.5, 0.6) is 0 Å². The van der Waals surface area contributed by atoms with Gasteiger partial charge in [-0.1, -0.05) is 386 Å². The number of carbonyl (C=O) groups excluding carboxylic acids is 2. The van der Waals surface area contributed by atoms with E-state index in [9.17, 15) is 19.8 Å². The normalized spacial score (nSPS) is 12.5. The van der Waals surface area contributed by atoms with Gasteiger partial charge in [0.2, 0.25) is 5.91 Å². The molecule has 3 N–H and O–H groups in total. The van der Waals surface area contributed by atoms with Crippen LogP contribution in [0.4, 0.5) is 0 Å². The molecule has 0 saturated heterocycles. The molecule has 82 heavy (non-hydrogen) atoms. The molecule has 0 radical (unpaired) electrons. The number of amides is 1. The van der Waals surface area contributed by atoms with Gasteiger partial charge in [0.25, 0.3) is 0 Å². The zero-order chi connectivity index (χ0) is 59.2. The Morgan fingerprint density at radius 2 is 0.573 bits per heavy atom. The third-order valence-electron chi connectivity index (χ3n) is 18.1. The number of aliphatic hydroxyl groups excluding tert-OH is 2. The molecule has 0 aromatic rings. The van der Waals surface area contributed by atoms with Crippen LogP contribution in [0.2, 0.25) is 0 Å². The van der Waals surface area contributed by atoms with Crippen LogP contribution in [0.3, 0.4) is 0 Å². The van der Waals surface area contributed by atoms with E-state index in [-0.39, 0.29) is 18.5 Å². The lowest BCUT2D eigenvalue weighted by atomic mass is 10.0. The van der Waals surface area contributed by atoms with Gasteiger partial charge in [0, 0.05) is 12.8 Å². The highest BCUT2D eigenvalue weighted by Crippen LogP contribution is 2.20. The predicted octanol–water partition coefficient (Wildman–Crippen LogP) is 24.7. The first-order chi connectivity index (χ1) is 40.5. The predicted molar refractivity (Wildman–Crippen MR) is 361 cm³/mol. The van der Waals surface area contributed by atoms with E-state index in [4.69, 9.17) is 4.74 Å². The number of ether oxygens (including phenoxy) is 1. The minimum Gasteiger partial charge on any atom is -0.466 e. The standard InChI is InChI=1S/C76H149NO5/c1-3-5-7-9-11-13-15-17-19-41-44-48-52-56-60-64-68-74(79)73(72-78)77-75(80)69-65-61-57-53-49-45-42-39-37-35-33-31-29-27-25-23-21-20-22-24-26-28-30-32-34-36-38-40-43-47-51-55-59-63-67-71-82-76(81)70-66-62-58-54-50-46-18-16-14-12-10-8-6-4-2/h16,18,73-74,78-79H,3-15,17,19-72H2,1-2H3,(H,77,80)/b18-16-. The number of nitrogens with one attached hydrogen (secondary N) is 1. The SMILES string of the molecule is CCCCCCC/C=C\CCCCCCCC(=O)OCCCCCCCCCCCCCCCCCCCCCCCCCCCCCCCCCCCCCC(=O)NC(CO)C(O)CCCCCCCCCCCCCCCCCC. The van der Waals surface area contributed by atoms with Crippen molar-refractivity contribution >= 4 is 11.9 Å². The lowest BCUT2D eigenvalue weighted by Gasteiger charge is -2.22. The van der Waals surface area contributed by atoms with Gasteiger partial charge in [-0.2, -0.15) is 0 Å². The monoisotopic (exact) mass is 1160 g/mol. The van der Waals surface area contributed by atoms with Gasteiger partial charge in [0.15, 0.2) is 0 Å². The summed E-state index contributed by atoms with van der Waals surface area (Å²) in [6.07, 6.45) is 90.1. The molecule has 0 aliphatic carbocycles. The van der Waals surface area contributed by atoms with E-state index >= 15 is 0 Å². The Kier molecular flexibility index (Phi) is 70.8. The van der Waals surface area contributed by atoms with E-state index in [2.05, 4.69) is 31.3 Å². The van der Waals surface area contributed by atoms with Crippen molar-refractivity contribution in [2.75, 3.05) is 13.2 Å². The molecular formula is C76H149NO5. The highest BCUT2D eigenvalue weighted by Gasteiger charge is 2.20. The first kappa shape index (κ1) is 80.6.